The summed E-state index contributed by atoms with van der Waals surface area (Å²) in [5.74, 6) is 0.302. The van der Waals surface area contributed by atoms with Crippen molar-refractivity contribution in [3.8, 4) is 0 Å². The van der Waals surface area contributed by atoms with E-state index < -0.39 is 6.10 Å². The molecule has 0 saturated heterocycles. The Bertz CT molecular complexity index is 562. The lowest BCUT2D eigenvalue weighted by atomic mass is 9.79. The van der Waals surface area contributed by atoms with Crippen molar-refractivity contribution in [1.82, 2.24) is 0 Å². The molecule has 0 bridgehead atoms. The van der Waals surface area contributed by atoms with E-state index in [0.29, 0.717) is 10.9 Å². The van der Waals surface area contributed by atoms with Gasteiger partial charge in [0.1, 0.15) is 0 Å². The molecule has 0 saturated carbocycles. The molecule has 0 fully saturated rings. The summed E-state index contributed by atoms with van der Waals surface area (Å²) in [6.07, 6.45) is 2.66. The molecule has 3 rings (SSSR count). The van der Waals surface area contributed by atoms with Crippen LogP contribution in [0.4, 0.5) is 0 Å². The topological polar surface area (TPSA) is 20.2 Å². The quantitative estimate of drug-likeness (QED) is 0.870. The summed E-state index contributed by atoms with van der Waals surface area (Å²) in [7, 11) is 0. The Labute approximate surface area is 118 Å². The fourth-order valence-electron chi connectivity index (χ4n) is 2.93. The van der Waals surface area contributed by atoms with E-state index in [0.717, 1.165) is 24.8 Å². The van der Waals surface area contributed by atoms with Crippen molar-refractivity contribution < 1.29 is 5.11 Å². The molecule has 0 radical (unpaired) electrons. The average Bonchev–Trinajstić information content (AvgIpc) is 2.47. The third-order valence-corrected chi connectivity index (χ3v) is 4.29. The van der Waals surface area contributed by atoms with Crippen LogP contribution in [0.25, 0.3) is 0 Å². The summed E-state index contributed by atoms with van der Waals surface area (Å²) in [5.41, 5.74) is 3.78. The van der Waals surface area contributed by atoms with E-state index in [1.807, 2.05) is 24.3 Å². The van der Waals surface area contributed by atoms with Crippen LogP contribution in [0, 0.1) is 5.92 Å². The molecule has 2 aromatic carbocycles. The van der Waals surface area contributed by atoms with Crippen molar-refractivity contribution in [2.24, 2.45) is 5.92 Å². The fourth-order valence-corrected chi connectivity index (χ4v) is 3.05. The van der Waals surface area contributed by atoms with Crippen molar-refractivity contribution in [2.75, 3.05) is 0 Å². The molecular formula is C17H17ClO. The molecule has 0 heterocycles. The zero-order chi connectivity index (χ0) is 13.2. The Morgan fingerprint density at radius 2 is 1.68 bits per heavy atom. The fraction of sp³-hybridized carbons (Fsp3) is 0.294. The van der Waals surface area contributed by atoms with E-state index in [4.69, 9.17) is 11.6 Å². The summed E-state index contributed by atoms with van der Waals surface area (Å²) in [5, 5.41) is 11.2. The van der Waals surface area contributed by atoms with Crippen molar-refractivity contribution >= 4 is 11.6 Å². The minimum atomic E-state index is -0.398. The van der Waals surface area contributed by atoms with E-state index in [-0.39, 0.29) is 0 Å². The van der Waals surface area contributed by atoms with Gasteiger partial charge in [0.2, 0.25) is 0 Å². The van der Waals surface area contributed by atoms with Crippen LogP contribution in [-0.2, 0) is 12.8 Å². The molecule has 2 atom stereocenters. The summed E-state index contributed by atoms with van der Waals surface area (Å²) >= 11 is 5.89. The van der Waals surface area contributed by atoms with Crippen LogP contribution >= 0.6 is 11.6 Å². The van der Waals surface area contributed by atoms with Crippen molar-refractivity contribution in [1.29, 1.82) is 0 Å². The number of hydrogen-bond donors (Lipinski definition) is 1. The predicted octanol–water partition coefficient (Wildman–Crippen LogP) is 4.18. The first kappa shape index (κ1) is 12.7. The summed E-state index contributed by atoms with van der Waals surface area (Å²) in [4.78, 5) is 0. The maximum atomic E-state index is 10.5. The summed E-state index contributed by atoms with van der Waals surface area (Å²) < 4.78 is 0. The van der Waals surface area contributed by atoms with Gasteiger partial charge < -0.3 is 5.11 Å². The molecule has 0 amide bonds. The Balaban J connectivity index is 1.79. The highest BCUT2D eigenvalue weighted by Crippen LogP contribution is 2.34. The highest BCUT2D eigenvalue weighted by atomic mass is 35.5. The summed E-state index contributed by atoms with van der Waals surface area (Å²) in [6, 6.07) is 16.1. The van der Waals surface area contributed by atoms with Gasteiger partial charge in [-0.3, -0.25) is 0 Å². The lowest BCUT2D eigenvalue weighted by Gasteiger charge is -2.28. The minimum absolute atomic E-state index is 0.302. The van der Waals surface area contributed by atoms with Gasteiger partial charge in [-0.15, -0.1) is 0 Å². The van der Waals surface area contributed by atoms with Gasteiger partial charge in [0.25, 0.3) is 0 Å². The molecule has 2 aromatic rings. The second-order valence-corrected chi connectivity index (χ2v) is 5.70. The molecule has 19 heavy (non-hydrogen) atoms. The number of aliphatic hydroxyl groups excluding tert-OH is 1. The third-order valence-electron chi connectivity index (χ3n) is 4.04. The van der Waals surface area contributed by atoms with E-state index in [9.17, 15) is 5.11 Å². The molecule has 0 aromatic heterocycles. The maximum Gasteiger partial charge on any atom is 0.0821 e. The van der Waals surface area contributed by atoms with Gasteiger partial charge in [-0.1, -0.05) is 48.0 Å². The van der Waals surface area contributed by atoms with Gasteiger partial charge in [0, 0.05) is 5.02 Å². The lowest BCUT2D eigenvalue weighted by molar-refractivity contribution is 0.0995. The zero-order valence-electron chi connectivity index (χ0n) is 10.7. The van der Waals surface area contributed by atoms with E-state index in [1.165, 1.54) is 11.1 Å². The SMILES string of the molecule is OC(c1ccc(Cl)cc1)C1CCc2ccccc2C1. The van der Waals surface area contributed by atoms with Crippen LogP contribution in [0.1, 0.15) is 29.2 Å². The number of aliphatic hydroxyl groups is 1. The molecular weight excluding hydrogens is 256 g/mol. The van der Waals surface area contributed by atoms with Gasteiger partial charge >= 0.3 is 0 Å². The van der Waals surface area contributed by atoms with Crippen LogP contribution in [0.5, 0.6) is 0 Å². The number of rotatable bonds is 2. The number of aryl methyl sites for hydroxylation is 1. The van der Waals surface area contributed by atoms with Crippen LogP contribution in [-0.4, -0.2) is 5.11 Å². The number of hydrogen-bond acceptors (Lipinski definition) is 1. The smallest absolute Gasteiger partial charge is 0.0821 e. The molecule has 1 aliphatic rings. The van der Waals surface area contributed by atoms with Crippen molar-refractivity contribution in [3.63, 3.8) is 0 Å². The third kappa shape index (κ3) is 2.68. The maximum absolute atomic E-state index is 10.5. The molecule has 1 N–H and O–H groups in total. The second kappa shape index (κ2) is 5.36. The van der Waals surface area contributed by atoms with E-state index >= 15 is 0 Å². The Morgan fingerprint density at radius 1 is 1.00 bits per heavy atom. The first-order chi connectivity index (χ1) is 9.24. The molecule has 2 unspecified atom stereocenters. The summed E-state index contributed by atoms with van der Waals surface area (Å²) in [6.45, 7) is 0. The van der Waals surface area contributed by atoms with Crippen LogP contribution in [0.3, 0.4) is 0 Å². The Morgan fingerprint density at radius 3 is 2.42 bits per heavy atom. The standard InChI is InChI=1S/C17H17ClO/c18-16-9-7-13(8-10-16)17(19)15-6-5-12-3-1-2-4-14(12)11-15/h1-4,7-10,15,17,19H,5-6,11H2. The first-order valence-corrected chi connectivity index (χ1v) is 7.12. The largest absolute Gasteiger partial charge is 0.388 e. The second-order valence-electron chi connectivity index (χ2n) is 5.27. The first-order valence-electron chi connectivity index (χ1n) is 6.74. The van der Waals surface area contributed by atoms with Crippen molar-refractivity contribution in [2.45, 2.75) is 25.4 Å². The number of halogens is 1. The minimum Gasteiger partial charge on any atom is -0.388 e. The monoisotopic (exact) mass is 272 g/mol. The highest BCUT2D eigenvalue weighted by Gasteiger charge is 2.25. The molecule has 1 nitrogen and oxygen atoms in total. The molecule has 2 heteroatoms. The van der Waals surface area contributed by atoms with Gasteiger partial charge in [-0.05, 0) is 54.0 Å². The van der Waals surface area contributed by atoms with Crippen LogP contribution in [0.2, 0.25) is 5.02 Å². The van der Waals surface area contributed by atoms with Crippen molar-refractivity contribution in [3.05, 3.63) is 70.2 Å². The number of benzene rings is 2. The molecule has 0 aliphatic heterocycles. The predicted molar refractivity (Wildman–Crippen MR) is 78.4 cm³/mol. The van der Waals surface area contributed by atoms with Crippen LogP contribution in [0.15, 0.2) is 48.5 Å². The van der Waals surface area contributed by atoms with Crippen LogP contribution < -0.4 is 0 Å². The van der Waals surface area contributed by atoms with E-state index in [1.54, 1.807) is 0 Å². The average molecular weight is 273 g/mol. The van der Waals surface area contributed by atoms with Gasteiger partial charge in [-0.2, -0.15) is 0 Å². The molecule has 0 spiro atoms. The molecule has 98 valence electrons. The van der Waals surface area contributed by atoms with Gasteiger partial charge in [0.05, 0.1) is 6.10 Å². The Hall–Kier alpha value is -1.31. The van der Waals surface area contributed by atoms with Gasteiger partial charge in [-0.25, -0.2) is 0 Å². The Kier molecular flexibility index (Phi) is 3.58. The van der Waals surface area contributed by atoms with E-state index in [2.05, 4.69) is 24.3 Å². The van der Waals surface area contributed by atoms with Gasteiger partial charge in [0.15, 0.2) is 0 Å². The molecule has 1 aliphatic carbocycles. The number of fused-ring (bicyclic) bond motifs is 1. The zero-order valence-corrected chi connectivity index (χ0v) is 11.5. The highest BCUT2D eigenvalue weighted by molar-refractivity contribution is 6.30. The normalized spacial score (nSPS) is 19.8. The lowest BCUT2D eigenvalue weighted by Crippen LogP contribution is -2.21.